The van der Waals surface area contributed by atoms with Crippen LogP contribution < -0.4 is 0 Å². The summed E-state index contributed by atoms with van der Waals surface area (Å²) < 4.78 is 2.58. The molecule has 28 heavy (non-hydrogen) atoms. The van der Waals surface area contributed by atoms with Crippen molar-refractivity contribution >= 4 is 42.6 Å². The lowest BCUT2D eigenvalue weighted by molar-refractivity contribution is 0.606. The van der Waals surface area contributed by atoms with Gasteiger partial charge >= 0.3 is 0 Å². The van der Waals surface area contributed by atoms with Gasteiger partial charge in [0.05, 0.1) is 0 Å². The van der Waals surface area contributed by atoms with E-state index in [-0.39, 0.29) is 0 Å². The van der Waals surface area contributed by atoms with Gasteiger partial charge in [0.15, 0.2) is 0 Å². The van der Waals surface area contributed by atoms with Gasteiger partial charge < -0.3 is 0 Å². The third-order valence-electron chi connectivity index (χ3n) is 5.86. The van der Waals surface area contributed by atoms with Crippen LogP contribution in [0, 0.1) is 0 Å². The lowest BCUT2D eigenvalue weighted by atomic mass is 9.93. The van der Waals surface area contributed by atoms with Crippen LogP contribution in [0.1, 0.15) is 102 Å². The highest BCUT2D eigenvalue weighted by Crippen LogP contribution is 2.39. The van der Waals surface area contributed by atoms with Crippen LogP contribution in [0.3, 0.4) is 0 Å². The molecule has 0 fully saturated rings. The van der Waals surface area contributed by atoms with Gasteiger partial charge in [-0.25, -0.2) is 0 Å². The Labute approximate surface area is 190 Å². The number of unbranched alkanes of at least 4 members (excludes halogenated alkanes) is 10. The second-order valence-electron chi connectivity index (χ2n) is 8.17. The molecule has 2 aromatic rings. The zero-order valence-electron chi connectivity index (χ0n) is 18.0. The standard InChI is InChI=1S/C26H38Br2/c1-3-5-7-9-11-13-19-23-21-17-15-16-18-22(21)24(26(28)25(23)27)20-14-12-10-8-6-4-2/h15-18H,3-14,19-20H2,1-2H3. The van der Waals surface area contributed by atoms with E-state index in [1.54, 1.807) is 0 Å². The first-order valence-corrected chi connectivity index (χ1v) is 13.2. The van der Waals surface area contributed by atoms with Gasteiger partial charge in [-0.1, -0.05) is 102 Å². The van der Waals surface area contributed by atoms with Gasteiger partial charge in [-0.2, -0.15) is 0 Å². The van der Waals surface area contributed by atoms with Crippen molar-refractivity contribution in [2.45, 2.75) is 104 Å². The molecule has 156 valence electrons. The molecule has 2 rings (SSSR count). The van der Waals surface area contributed by atoms with Crippen LogP contribution in [0.5, 0.6) is 0 Å². The van der Waals surface area contributed by atoms with Gasteiger partial charge in [0.1, 0.15) is 0 Å². The predicted octanol–water partition coefficient (Wildman–Crippen LogP) is 10.2. The van der Waals surface area contributed by atoms with Crippen LogP contribution in [0.4, 0.5) is 0 Å². The fourth-order valence-corrected chi connectivity index (χ4v) is 5.47. The first-order chi connectivity index (χ1) is 13.7. The van der Waals surface area contributed by atoms with Crippen molar-refractivity contribution in [3.63, 3.8) is 0 Å². The van der Waals surface area contributed by atoms with E-state index in [2.05, 4.69) is 70.0 Å². The Balaban J connectivity index is 2.07. The minimum atomic E-state index is 1.17. The Morgan fingerprint density at radius 2 is 0.893 bits per heavy atom. The minimum Gasteiger partial charge on any atom is -0.0654 e. The second-order valence-corrected chi connectivity index (χ2v) is 9.75. The summed E-state index contributed by atoms with van der Waals surface area (Å²) in [5, 5.41) is 2.90. The van der Waals surface area contributed by atoms with Crippen LogP contribution in [-0.2, 0) is 12.8 Å². The first kappa shape index (κ1) is 23.9. The molecule has 0 N–H and O–H groups in total. The first-order valence-electron chi connectivity index (χ1n) is 11.6. The summed E-state index contributed by atoms with van der Waals surface area (Å²) in [6.07, 6.45) is 18.5. The molecule has 0 bridgehead atoms. The molecular formula is C26H38Br2. The summed E-state index contributed by atoms with van der Waals surface area (Å²) >= 11 is 7.89. The highest BCUT2D eigenvalue weighted by molar-refractivity contribution is 9.13. The zero-order valence-corrected chi connectivity index (χ0v) is 21.1. The Hall–Kier alpha value is -0.340. The molecule has 0 nitrogen and oxygen atoms in total. The minimum absolute atomic E-state index is 1.17. The van der Waals surface area contributed by atoms with Crippen LogP contribution >= 0.6 is 31.9 Å². The SMILES string of the molecule is CCCCCCCCc1c(Br)c(Br)c(CCCCCCCC)c2ccccc12. The molecule has 0 amide bonds. The van der Waals surface area contributed by atoms with Crippen molar-refractivity contribution in [3.8, 4) is 0 Å². The van der Waals surface area contributed by atoms with Gasteiger partial charge in [-0.15, -0.1) is 0 Å². The summed E-state index contributed by atoms with van der Waals surface area (Å²) in [4.78, 5) is 0. The summed E-state index contributed by atoms with van der Waals surface area (Å²) in [7, 11) is 0. The Kier molecular flexibility index (Phi) is 11.8. The van der Waals surface area contributed by atoms with Crippen molar-refractivity contribution in [2.75, 3.05) is 0 Å². The molecule has 0 radical (unpaired) electrons. The lowest BCUT2D eigenvalue weighted by Crippen LogP contribution is -1.98. The average molecular weight is 510 g/mol. The second kappa shape index (κ2) is 13.8. The Morgan fingerprint density at radius 1 is 0.536 bits per heavy atom. The molecule has 0 atom stereocenters. The van der Waals surface area contributed by atoms with Gasteiger partial charge in [-0.05, 0) is 79.4 Å². The quantitative estimate of drug-likeness (QED) is 0.222. The molecule has 0 aliphatic heterocycles. The molecule has 0 aliphatic carbocycles. The highest BCUT2D eigenvalue weighted by Gasteiger charge is 2.15. The molecule has 0 saturated heterocycles. The third kappa shape index (κ3) is 7.17. The monoisotopic (exact) mass is 508 g/mol. The molecule has 2 heteroatoms. The van der Waals surface area contributed by atoms with Gasteiger partial charge in [0, 0.05) is 8.95 Å². The van der Waals surface area contributed by atoms with Crippen molar-refractivity contribution in [3.05, 3.63) is 44.3 Å². The largest absolute Gasteiger partial charge is 0.0654 e. The van der Waals surface area contributed by atoms with Crippen LogP contribution in [0.25, 0.3) is 10.8 Å². The number of fused-ring (bicyclic) bond motifs is 1. The van der Waals surface area contributed by atoms with Gasteiger partial charge in [-0.3, -0.25) is 0 Å². The number of benzene rings is 2. The molecule has 0 unspecified atom stereocenters. The zero-order chi connectivity index (χ0) is 20.2. The molecule has 2 aromatic carbocycles. The summed E-state index contributed by atoms with van der Waals surface area (Å²) in [5.41, 5.74) is 2.98. The molecular weight excluding hydrogens is 472 g/mol. The number of hydrogen-bond acceptors (Lipinski definition) is 0. The topological polar surface area (TPSA) is 0 Å². The van der Waals surface area contributed by atoms with Crippen molar-refractivity contribution in [2.24, 2.45) is 0 Å². The smallest absolute Gasteiger partial charge is 0.0358 e. The van der Waals surface area contributed by atoms with Crippen molar-refractivity contribution in [1.82, 2.24) is 0 Å². The van der Waals surface area contributed by atoms with E-state index in [4.69, 9.17) is 0 Å². The molecule has 0 heterocycles. The molecule has 0 aliphatic rings. The maximum atomic E-state index is 3.94. The van der Waals surface area contributed by atoms with Gasteiger partial charge in [0.25, 0.3) is 0 Å². The number of halogens is 2. The number of hydrogen-bond donors (Lipinski definition) is 0. The van der Waals surface area contributed by atoms with E-state index in [1.807, 2.05) is 0 Å². The van der Waals surface area contributed by atoms with Crippen molar-refractivity contribution < 1.29 is 0 Å². The van der Waals surface area contributed by atoms with Crippen LogP contribution in [0.15, 0.2) is 33.2 Å². The fraction of sp³-hybridized carbons (Fsp3) is 0.615. The fourth-order valence-electron chi connectivity index (χ4n) is 4.16. The van der Waals surface area contributed by atoms with E-state index in [0.717, 1.165) is 0 Å². The number of aryl methyl sites for hydroxylation is 2. The van der Waals surface area contributed by atoms with Gasteiger partial charge in [0.2, 0.25) is 0 Å². The van der Waals surface area contributed by atoms with E-state index in [0.29, 0.717) is 0 Å². The molecule has 0 aromatic heterocycles. The van der Waals surface area contributed by atoms with Crippen molar-refractivity contribution in [1.29, 1.82) is 0 Å². The maximum absolute atomic E-state index is 3.94. The maximum Gasteiger partial charge on any atom is 0.0358 e. The lowest BCUT2D eigenvalue weighted by Gasteiger charge is -2.17. The average Bonchev–Trinajstić information content (AvgIpc) is 2.71. The third-order valence-corrected chi connectivity index (χ3v) is 8.14. The van der Waals surface area contributed by atoms with E-state index < -0.39 is 0 Å². The Bertz CT molecular complexity index is 645. The van der Waals surface area contributed by atoms with E-state index in [9.17, 15) is 0 Å². The van der Waals surface area contributed by atoms with Crippen LogP contribution in [0.2, 0.25) is 0 Å². The predicted molar refractivity (Wildman–Crippen MR) is 134 cm³/mol. The summed E-state index contributed by atoms with van der Waals surface area (Å²) in [6.45, 7) is 4.57. The molecule has 0 spiro atoms. The summed E-state index contributed by atoms with van der Waals surface area (Å²) in [6, 6.07) is 9.04. The highest BCUT2D eigenvalue weighted by atomic mass is 79.9. The number of rotatable bonds is 14. The normalized spacial score (nSPS) is 11.4. The van der Waals surface area contributed by atoms with E-state index in [1.165, 1.54) is 121 Å². The Morgan fingerprint density at radius 3 is 1.29 bits per heavy atom. The van der Waals surface area contributed by atoms with E-state index >= 15 is 0 Å². The van der Waals surface area contributed by atoms with Crippen LogP contribution in [-0.4, -0.2) is 0 Å². The molecule has 0 saturated carbocycles. The summed E-state index contributed by atoms with van der Waals surface area (Å²) in [5.74, 6) is 0.